The monoisotopic (exact) mass is 289 g/mol. The molecule has 0 heterocycles. The highest BCUT2D eigenvalue weighted by Crippen LogP contribution is 2.39. The van der Waals surface area contributed by atoms with E-state index in [1.807, 2.05) is 0 Å². The highest BCUT2D eigenvalue weighted by atomic mass is 19.4. The lowest BCUT2D eigenvalue weighted by Crippen LogP contribution is -2.08. The second kappa shape index (κ2) is 4.99. The van der Waals surface area contributed by atoms with Crippen molar-refractivity contribution < 1.29 is 26.7 Å². The van der Waals surface area contributed by atoms with Crippen molar-refractivity contribution in [2.24, 2.45) is 0 Å². The van der Waals surface area contributed by atoms with Crippen LogP contribution in [0.3, 0.4) is 0 Å². The molecule has 0 bridgehead atoms. The highest BCUT2D eigenvalue weighted by Gasteiger charge is 2.34. The molecule has 0 spiro atoms. The third kappa shape index (κ3) is 3.17. The first-order chi connectivity index (χ1) is 9.25. The average Bonchev–Trinajstić information content (AvgIpc) is 2.28. The molecule has 20 heavy (non-hydrogen) atoms. The fourth-order valence-corrected chi connectivity index (χ4v) is 1.57. The molecule has 2 rings (SSSR count). The number of benzene rings is 2. The van der Waals surface area contributed by atoms with E-state index < -0.39 is 29.1 Å². The quantitative estimate of drug-likeness (QED) is 0.658. The van der Waals surface area contributed by atoms with Crippen LogP contribution in [0.2, 0.25) is 0 Å². The molecule has 0 aliphatic carbocycles. The first kappa shape index (κ1) is 14.1. The Labute approximate surface area is 110 Å². The Morgan fingerprint density at radius 3 is 2.05 bits per heavy atom. The third-order valence-corrected chi connectivity index (χ3v) is 2.37. The Kier molecular flexibility index (Phi) is 3.52. The van der Waals surface area contributed by atoms with Crippen LogP contribution in [0.4, 0.5) is 27.6 Å². The largest absolute Gasteiger partial charge is 0.457 e. The molecule has 2 aromatic rings. The summed E-state index contributed by atoms with van der Waals surface area (Å²) in [6.07, 6.45) is -4.70. The minimum absolute atomic E-state index is 0.102. The van der Waals surface area contributed by atoms with Gasteiger partial charge >= 0.3 is 6.18 Å². The zero-order valence-electron chi connectivity index (χ0n) is 9.84. The molecule has 106 valence electrons. The van der Waals surface area contributed by atoms with E-state index in [9.17, 15) is 22.0 Å². The van der Waals surface area contributed by atoms with Crippen LogP contribution in [-0.2, 0) is 6.18 Å². The van der Waals surface area contributed by atoms with Gasteiger partial charge in [0.15, 0.2) is 0 Å². The van der Waals surface area contributed by atoms with Crippen molar-refractivity contribution in [3.8, 4) is 11.5 Å². The average molecular weight is 289 g/mol. The zero-order valence-corrected chi connectivity index (χ0v) is 9.84. The fourth-order valence-electron chi connectivity index (χ4n) is 1.57. The second-order valence-corrected chi connectivity index (χ2v) is 3.96. The van der Waals surface area contributed by atoms with E-state index >= 15 is 0 Å². The number of halogens is 5. The molecule has 0 aromatic heterocycles. The number of nitrogens with two attached hydrogens (primary N) is 1. The first-order valence-corrected chi connectivity index (χ1v) is 5.36. The number of rotatable bonds is 2. The molecule has 7 heteroatoms. The number of anilines is 1. The summed E-state index contributed by atoms with van der Waals surface area (Å²) in [7, 11) is 0. The van der Waals surface area contributed by atoms with Gasteiger partial charge in [-0.2, -0.15) is 13.2 Å². The van der Waals surface area contributed by atoms with Gasteiger partial charge in [-0.05, 0) is 18.2 Å². The van der Waals surface area contributed by atoms with Crippen molar-refractivity contribution >= 4 is 5.69 Å². The Balaban J connectivity index is 2.43. The molecule has 0 saturated heterocycles. The van der Waals surface area contributed by atoms with Crippen LogP contribution in [0.1, 0.15) is 5.56 Å². The maximum absolute atomic E-state index is 13.0. The summed E-state index contributed by atoms with van der Waals surface area (Å²) in [5.41, 5.74) is 4.07. The Morgan fingerprint density at radius 1 is 0.900 bits per heavy atom. The minimum atomic E-state index is -4.70. The predicted octanol–water partition coefficient (Wildman–Crippen LogP) is 4.36. The van der Waals surface area contributed by atoms with E-state index in [1.54, 1.807) is 0 Å². The van der Waals surface area contributed by atoms with Crippen LogP contribution >= 0.6 is 0 Å². The molecular weight excluding hydrogens is 281 g/mol. The first-order valence-electron chi connectivity index (χ1n) is 5.36. The summed E-state index contributed by atoms with van der Waals surface area (Å²) in [6, 6.07) is 5.01. The zero-order chi connectivity index (χ0) is 14.9. The topological polar surface area (TPSA) is 35.2 Å². The van der Waals surface area contributed by atoms with Crippen molar-refractivity contribution in [3.63, 3.8) is 0 Å². The lowest BCUT2D eigenvalue weighted by molar-refractivity contribution is -0.138. The maximum Gasteiger partial charge on any atom is 0.420 e. The Bertz CT molecular complexity index is 619. The highest BCUT2D eigenvalue weighted by molar-refractivity contribution is 5.50. The molecular formula is C13H8F5NO. The smallest absolute Gasteiger partial charge is 0.420 e. The summed E-state index contributed by atoms with van der Waals surface area (Å²) in [4.78, 5) is 0. The molecule has 0 unspecified atom stereocenters. The molecule has 2 N–H and O–H groups in total. The molecule has 0 atom stereocenters. The number of ether oxygens (including phenoxy) is 1. The van der Waals surface area contributed by atoms with Crippen LogP contribution in [0.25, 0.3) is 0 Å². The van der Waals surface area contributed by atoms with Crippen LogP contribution in [0.5, 0.6) is 11.5 Å². The molecule has 0 saturated carbocycles. The van der Waals surface area contributed by atoms with Crippen LogP contribution < -0.4 is 10.5 Å². The number of alkyl halides is 3. The summed E-state index contributed by atoms with van der Waals surface area (Å²) in [5, 5.41) is 0. The number of nitrogen functional groups attached to an aromatic ring is 1. The Morgan fingerprint density at radius 2 is 1.50 bits per heavy atom. The number of hydrogen-bond donors (Lipinski definition) is 1. The van der Waals surface area contributed by atoms with Crippen LogP contribution in [0.15, 0.2) is 36.4 Å². The Hall–Kier alpha value is -2.31. The fraction of sp³-hybridized carbons (Fsp3) is 0.0769. The van der Waals surface area contributed by atoms with E-state index in [4.69, 9.17) is 10.5 Å². The maximum atomic E-state index is 13.0. The predicted molar refractivity (Wildman–Crippen MR) is 62.3 cm³/mol. The lowest BCUT2D eigenvalue weighted by atomic mass is 10.1. The van der Waals surface area contributed by atoms with Crippen molar-refractivity contribution in [1.29, 1.82) is 0 Å². The lowest BCUT2D eigenvalue weighted by Gasteiger charge is -2.14. The van der Waals surface area contributed by atoms with Gasteiger partial charge in [0.05, 0.1) is 0 Å². The molecule has 0 radical (unpaired) electrons. The van der Waals surface area contributed by atoms with Crippen molar-refractivity contribution in [2.75, 3.05) is 5.73 Å². The van der Waals surface area contributed by atoms with Crippen molar-refractivity contribution in [2.45, 2.75) is 6.18 Å². The summed E-state index contributed by atoms with van der Waals surface area (Å²) in [6.45, 7) is 0. The van der Waals surface area contributed by atoms with E-state index in [0.717, 1.165) is 18.2 Å². The third-order valence-electron chi connectivity index (χ3n) is 2.37. The van der Waals surface area contributed by atoms with Gasteiger partial charge in [0.1, 0.15) is 28.7 Å². The number of hydrogen-bond acceptors (Lipinski definition) is 2. The molecule has 0 aliphatic heterocycles. The second-order valence-electron chi connectivity index (χ2n) is 3.96. The summed E-state index contributed by atoms with van der Waals surface area (Å²) < 4.78 is 69.2. The SMILES string of the molecule is Nc1ccc(Oc2cc(F)cc(F)c2)c(C(F)(F)F)c1. The minimum Gasteiger partial charge on any atom is -0.457 e. The van der Waals surface area contributed by atoms with E-state index in [0.29, 0.717) is 12.1 Å². The molecule has 2 aromatic carbocycles. The molecule has 0 aliphatic rings. The summed E-state index contributed by atoms with van der Waals surface area (Å²) >= 11 is 0. The molecule has 0 amide bonds. The van der Waals surface area contributed by atoms with Gasteiger partial charge in [-0.1, -0.05) is 0 Å². The van der Waals surface area contributed by atoms with Gasteiger partial charge in [-0.15, -0.1) is 0 Å². The van der Waals surface area contributed by atoms with E-state index in [1.165, 1.54) is 6.07 Å². The standard InChI is InChI=1S/C13H8F5NO/c14-7-3-8(15)5-10(4-7)20-12-2-1-9(19)6-11(12)13(16,17)18/h1-6H,19H2. The van der Waals surface area contributed by atoms with Crippen LogP contribution in [0, 0.1) is 11.6 Å². The van der Waals surface area contributed by atoms with E-state index in [-0.39, 0.29) is 11.4 Å². The van der Waals surface area contributed by atoms with E-state index in [2.05, 4.69) is 0 Å². The van der Waals surface area contributed by atoms with Gasteiger partial charge in [0.25, 0.3) is 0 Å². The molecule has 0 fully saturated rings. The van der Waals surface area contributed by atoms with Gasteiger partial charge in [0, 0.05) is 23.9 Å². The van der Waals surface area contributed by atoms with Crippen molar-refractivity contribution in [3.05, 3.63) is 53.6 Å². The van der Waals surface area contributed by atoms with Gasteiger partial charge < -0.3 is 10.5 Å². The van der Waals surface area contributed by atoms with Gasteiger partial charge in [0.2, 0.25) is 0 Å². The van der Waals surface area contributed by atoms with Gasteiger partial charge in [-0.3, -0.25) is 0 Å². The van der Waals surface area contributed by atoms with Gasteiger partial charge in [-0.25, -0.2) is 8.78 Å². The molecule has 2 nitrogen and oxygen atoms in total. The normalized spacial score (nSPS) is 11.4. The summed E-state index contributed by atoms with van der Waals surface area (Å²) in [5.74, 6) is -2.87. The van der Waals surface area contributed by atoms with Crippen LogP contribution in [-0.4, -0.2) is 0 Å². The van der Waals surface area contributed by atoms with Crippen molar-refractivity contribution in [1.82, 2.24) is 0 Å².